The van der Waals surface area contributed by atoms with E-state index in [1.807, 2.05) is 27.7 Å². The largest absolute Gasteiger partial charge is 0.389 e. The van der Waals surface area contributed by atoms with Crippen molar-refractivity contribution >= 4 is 0 Å². The van der Waals surface area contributed by atoms with E-state index in [-0.39, 0.29) is 5.60 Å². The summed E-state index contributed by atoms with van der Waals surface area (Å²) in [5.74, 6) is 1.35. The predicted octanol–water partition coefficient (Wildman–Crippen LogP) is 0.672. The standard InChI is InChI=1S/C15H28N4O3/c1-12-16-14(22-17-12)10-19-7-5-18(6-8-19)9-13(20)11-21-15(2,3)4/h13,20H,5-11H2,1-4H3. The highest BCUT2D eigenvalue weighted by Gasteiger charge is 2.21. The molecule has 1 aliphatic heterocycles. The van der Waals surface area contributed by atoms with Gasteiger partial charge in [0, 0.05) is 32.7 Å². The molecule has 126 valence electrons. The van der Waals surface area contributed by atoms with E-state index in [0.717, 1.165) is 26.2 Å². The van der Waals surface area contributed by atoms with Crippen molar-refractivity contribution < 1.29 is 14.4 Å². The van der Waals surface area contributed by atoms with Crippen LogP contribution in [0.2, 0.25) is 0 Å². The lowest BCUT2D eigenvalue weighted by Gasteiger charge is -2.35. The Balaban J connectivity index is 1.66. The molecule has 0 spiro atoms. The van der Waals surface area contributed by atoms with Gasteiger partial charge in [-0.15, -0.1) is 0 Å². The second-order valence-electron chi connectivity index (χ2n) is 6.89. The number of aromatic nitrogens is 2. The lowest BCUT2D eigenvalue weighted by atomic mass is 10.2. The molecule has 0 saturated carbocycles. The van der Waals surface area contributed by atoms with Gasteiger partial charge in [0.15, 0.2) is 5.82 Å². The van der Waals surface area contributed by atoms with Crippen molar-refractivity contribution in [2.75, 3.05) is 39.3 Å². The van der Waals surface area contributed by atoms with Gasteiger partial charge in [0.05, 0.1) is 24.9 Å². The third-order valence-corrected chi connectivity index (χ3v) is 3.57. The van der Waals surface area contributed by atoms with Gasteiger partial charge in [-0.25, -0.2) is 0 Å². The van der Waals surface area contributed by atoms with Gasteiger partial charge in [-0.3, -0.25) is 9.80 Å². The van der Waals surface area contributed by atoms with Crippen molar-refractivity contribution in [2.24, 2.45) is 0 Å². The molecule has 0 bridgehead atoms. The summed E-state index contributed by atoms with van der Waals surface area (Å²) >= 11 is 0. The summed E-state index contributed by atoms with van der Waals surface area (Å²) in [5, 5.41) is 13.9. The van der Waals surface area contributed by atoms with Gasteiger partial charge in [-0.05, 0) is 27.7 Å². The van der Waals surface area contributed by atoms with Crippen molar-refractivity contribution in [1.82, 2.24) is 19.9 Å². The third-order valence-electron chi connectivity index (χ3n) is 3.57. The van der Waals surface area contributed by atoms with Crippen molar-refractivity contribution in [2.45, 2.75) is 45.9 Å². The highest BCUT2D eigenvalue weighted by molar-refractivity contribution is 4.84. The number of piperazine rings is 1. The summed E-state index contributed by atoms with van der Waals surface area (Å²) in [6.07, 6.45) is -0.440. The lowest BCUT2D eigenvalue weighted by Crippen LogP contribution is -2.49. The molecule has 0 aliphatic carbocycles. The van der Waals surface area contributed by atoms with Gasteiger partial charge in [0.2, 0.25) is 5.89 Å². The minimum Gasteiger partial charge on any atom is -0.389 e. The number of aliphatic hydroxyl groups excluding tert-OH is 1. The zero-order valence-electron chi connectivity index (χ0n) is 14.1. The molecule has 0 radical (unpaired) electrons. The van der Waals surface area contributed by atoms with Crippen LogP contribution in [0, 0.1) is 6.92 Å². The highest BCUT2D eigenvalue weighted by atomic mass is 16.5. The maximum Gasteiger partial charge on any atom is 0.240 e. The quantitative estimate of drug-likeness (QED) is 0.827. The first-order valence-electron chi connectivity index (χ1n) is 7.88. The van der Waals surface area contributed by atoms with Crippen molar-refractivity contribution in [3.63, 3.8) is 0 Å². The molecule has 7 nitrogen and oxygen atoms in total. The molecule has 22 heavy (non-hydrogen) atoms. The van der Waals surface area contributed by atoms with E-state index < -0.39 is 6.10 Å². The molecule has 0 aromatic carbocycles. The van der Waals surface area contributed by atoms with Gasteiger partial charge in [-0.2, -0.15) is 4.98 Å². The molecule has 1 aromatic heterocycles. The molecule has 0 amide bonds. The molecule has 1 aromatic rings. The Labute approximate surface area is 132 Å². The van der Waals surface area contributed by atoms with Gasteiger partial charge in [-0.1, -0.05) is 5.16 Å². The number of β-amino-alcohol motifs (C(OH)–C–C–N with tert-alkyl or cyclic N) is 1. The van der Waals surface area contributed by atoms with Crippen molar-refractivity contribution in [3.05, 3.63) is 11.7 Å². The van der Waals surface area contributed by atoms with Crippen LogP contribution in [0.1, 0.15) is 32.5 Å². The second-order valence-corrected chi connectivity index (χ2v) is 6.89. The molecule has 7 heteroatoms. The maximum atomic E-state index is 10.1. The first-order valence-corrected chi connectivity index (χ1v) is 7.88. The fourth-order valence-corrected chi connectivity index (χ4v) is 2.42. The van der Waals surface area contributed by atoms with E-state index in [9.17, 15) is 5.11 Å². The van der Waals surface area contributed by atoms with Gasteiger partial charge >= 0.3 is 0 Å². The number of nitrogens with zero attached hydrogens (tertiary/aromatic N) is 4. The summed E-state index contributed by atoms with van der Waals surface area (Å²) in [4.78, 5) is 8.79. The summed E-state index contributed by atoms with van der Waals surface area (Å²) in [5.41, 5.74) is -0.206. The second kappa shape index (κ2) is 7.50. The topological polar surface area (TPSA) is 74.9 Å². The molecule has 1 atom stereocenters. The minimum atomic E-state index is -0.440. The number of aryl methyl sites for hydroxylation is 1. The first kappa shape index (κ1) is 17.3. The summed E-state index contributed by atoms with van der Waals surface area (Å²) in [6.45, 7) is 13.3. The first-order chi connectivity index (χ1) is 10.3. The molecular weight excluding hydrogens is 284 g/mol. The molecule has 1 fully saturated rings. The van der Waals surface area contributed by atoms with Gasteiger partial charge < -0.3 is 14.4 Å². The number of rotatable bonds is 6. The Kier molecular flexibility index (Phi) is 5.91. The van der Waals surface area contributed by atoms with Crippen LogP contribution in [-0.2, 0) is 11.3 Å². The Morgan fingerprint density at radius 3 is 2.41 bits per heavy atom. The minimum absolute atomic E-state index is 0.206. The van der Waals surface area contributed by atoms with Gasteiger partial charge in [0.1, 0.15) is 0 Å². The Hall–Kier alpha value is -1.02. The van der Waals surface area contributed by atoms with Crippen LogP contribution in [0.15, 0.2) is 4.52 Å². The number of aliphatic hydroxyl groups is 1. The molecule has 1 N–H and O–H groups in total. The monoisotopic (exact) mass is 312 g/mol. The number of ether oxygens (including phenoxy) is 1. The average Bonchev–Trinajstić information content (AvgIpc) is 2.83. The Morgan fingerprint density at radius 1 is 1.23 bits per heavy atom. The summed E-state index contributed by atoms with van der Waals surface area (Å²) in [6, 6.07) is 0. The van der Waals surface area contributed by atoms with E-state index in [1.165, 1.54) is 0 Å². The molecule has 1 saturated heterocycles. The lowest BCUT2D eigenvalue weighted by molar-refractivity contribution is -0.0588. The fourth-order valence-electron chi connectivity index (χ4n) is 2.42. The number of hydrogen-bond donors (Lipinski definition) is 1. The van der Waals surface area contributed by atoms with Gasteiger partial charge in [0.25, 0.3) is 0 Å². The molecule has 2 rings (SSSR count). The van der Waals surface area contributed by atoms with Crippen LogP contribution in [0.25, 0.3) is 0 Å². The zero-order valence-corrected chi connectivity index (χ0v) is 14.1. The van der Waals surface area contributed by atoms with E-state index >= 15 is 0 Å². The van der Waals surface area contributed by atoms with E-state index in [0.29, 0.717) is 31.4 Å². The van der Waals surface area contributed by atoms with E-state index in [1.54, 1.807) is 0 Å². The fraction of sp³-hybridized carbons (Fsp3) is 0.867. The zero-order chi connectivity index (χ0) is 16.2. The van der Waals surface area contributed by atoms with Crippen LogP contribution in [0.3, 0.4) is 0 Å². The molecule has 1 unspecified atom stereocenters. The Bertz CT molecular complexity index is 450. The highest BCUT2D eigenvalue weighted by Crippen LogP contribution is 2.10. The predicted molar refractivity (Wildman–Crippen MR) is 82.5 cm³/mol. The Morgan fingerprint density at radius 2 is 1.86 bits per heavy atom. The molecule has 1 aliphatic rings. The SMILES string of the molecule is Cc1noc(CN2CCN(CC(O)COC(C)(C)C)CC2)n1. The number of hydrogen-bond acceptors (Lipinski definition) is 7. The van der Waals surface area contributed by atoms with Crippen LogP contribution in [-0.4, -0.2) is 76.1 Å². The molecule has 2 heterocycles. The molecular formula is C15H28N4O3. The van der Waals surface area contributed by atoms with Crippen molar-refractivity contribution in [1.29, 1.82) is 0 Å². The van der Waals surface area contributed by atoms with Crippen LogP contribution >= 0.6 is 0 Å². The smallest absolute Gasteiger partial charge is 0.240 e. The van der Waals surface area contributed by atoms with Crippen LogP contribution < -0.4 is 0 Å². The summed E-state index contributed by atoms with van der Waals surface area (Å²) in [7, 11) is 0. The van der Waals surface area contributed by atoms with Crippen molar-refractivity contribution in [3.8, 4) is 0 Å². The normalized spacial score (nSPS) is 19.5. The average molecular weight is 312 g/mol. The van der Waals surface area contributed by atoms with E-state index in [4.69, 9.17) is 9.26 Å². The van der Waals surface area contributed by atoms with Crippen LogP contribution in [0.5, 0.6) is 0 Å². The van der Waals surface area contributed by atoms with E-state index in [2.05, 4.69) is 19.9 Å². The maximum absolute atomic E-state index is 10.1. The van der Waals surface area contributed by atoms with Crippen LogP contribution in [0.4, 0.5) is 0 Å². The third kappa shape index (κ3) is 6.00. The summed E-state index contributed by atoms with van der Waals surface area (Å²) < 4.78 is 10.8.